The second-order valence-corrected chi connectivity index (χ2v) is 9.66. The van der Waals surface area contributed by atoms with Gasteiger partial charge in [0.2, 0.25) is 5.91 Å². The first kappa shape index (κ1) is 22.3. The maximum atomic E-state index is 13.1. The van der Waals surface area contributed by atoms with Gasteiger partial charge >= 0.3 is 6.18 Å². The molecule has 32 heavy (non-hydrogen) atoms. The molecule has 2 aromatic rings. The number of hydrogen-bond donors (Lipinski definition) is 2. The average molecular weight is 471 g/mol. The molecule has 1 aliphatic heterocycles. The molecule has 2 amide bonds. The fraction of sp³-hybridized carbons (Fsp3) is 0.333. The summed E-state index contributed by atoms with van der Waals surface area (Å²) >= 11 is 0. The predicted molar refractivity (Wildman–Crippen MR) is 109 cm³/mol. The van der Waals surface area contributed by atoms with Crippen LogP contribution in [-0.4, -0.2) is 42.7 Å². The van der Waals surface area contributed by atoms with E-state index in [1.54, 1.807) is 0 Å². The Labute approximate surface area is 184 Å². The van der Waals surface area contributed by atoms with Crippen molar-refractivity contribution in [2.24, 2.45) is 0 Å². The largest absolute Gasteiger partial charge is 0.421 e. The molecule has 11 heteroatoms. The molecule has 0 aromatic heterocycles. The van der Waals surface area contributed by atoms with Gasteiger partial charge in [0.05, 0.1) is 6.27 Å². The van der Waals surface area contributed by atoms with Crippen LogP contribution in [0, 0.1) is 0 Å². The van der Waals surface area contributed by atoms with E-state index in [0.717, 1.165) is 42.3 Å². The van der Waals surface area contributed by atoms with Crippen LogP contribution in [0.1, 0.15) is 37.9 Å². The monoisotopic (exact) mass is 471 g/mol. The van der Waals surface area contributed by atoms with Crippen LogP contribution in [0.4, 0.5) is 18.9 Å². The molecule has 0 spiro atoms. The molecule has 0 saturated carbocycles. The van der Waals surface area contributed by atoms with Gasteiger partial charge in [0.25, 0.3) is 5.91 Å². The normalized spacial score (nSPS) is 20.8. The number of rotatable bonds is 4. The number of aliphatic hydroxyl groups is 1. The Kier molecular flexibility index (Phi) is 5.49. The summed E-state index contributed by atoms with van der Waals surface area (Å²) in [7, 11) is -3.56. The van der Waals surface area contributed by atoms with Gasteiger partial charge in [-0.3, -0.25) is 9.59 Å². The summed E-state index contributed by atoms with van der Waals surface area (Å²) in [5.74, 6) is -1.56. The van der Waals surface area contributed by atoms with Gasteiger partial charge in [-0.1, -0.05) is 18.2 Å². The summed E-state index contributed by atoms with van der Waals surface area (Å²) in [6, 6.07) is 5.86. The van der Waals surface area contributed by atoms with Crippen LogP contribution < -0.4 is 5.32 Å². The third-order valence-corrected chi connectivity index (χ3v) is 6.32. The van der Waals surface area contributed by atoms with E-state index in [4.69, 9.17) is 1.37 Å². The second-order valence-electron chi connectivity index (χ2n) is 7.65. The maximum absolute atomic E-state index is 13.1. The Morgan fingerprint density at radius 2 is 1.78 bits per heavy atom. The highest BCUT2D eigenvalue weighted by atomic mass is 32.2. The Balaban J connectivity index is 1.95. The molecule has 2 atom stereocenters. The molecule has 2 N–H and O–H groups in total. The van der Waals surface area contributed by atoms with E-state index in [2.05, 4.69) is 5.32 Å². The molecular weight excluding hydrogens is 449 g/mol. The van der Waals surface area contributed by atoms with E-state index in [-0.39, 0.29) is 22.7 Å². The minimum atomic E-state index is -4.91. The zero-order chi connectivity index (χ0) is 25.0. The third kappa shape index (κ3) is 4.35. The van der Waals surface area contributed by atoms with Gasteiger partial charge in [-0.15, -0.1) is 0 Å². The molecule has 0 saturated heterocycles. The van der Waals surface area contributed by atoms with Crippen molar-refractivity contribution in [1.29, 1.82) is 0 Å². The van der Waals surface area contributed by atoms with Gasteiger partial charge in [0, 0.05) is 25.4 Å². The van der Waals surface area contributed by atoms with Crippen molar-refractivity contribution in [2.45, 2.75) is 43.1 Å². The summed E-state index contributed by atoms with van der Waals surface area (Å²) in [4.78, 5) is 26.2. The van der Waals surface area contributed by atoms with Crippen molar-refractivity contribution in [2.75, 3.05) is 11.6 Å². The Morgan fingerprint density at radius 3 is 2.28 bits per heavy atom. The number of halogens is 3. The average Bonchev–Trinajstić information content (AvgIpc) is 3.00. The van der Waals surface area contributed by atoms with Gasteiger partial charge in [0.15, 0.2) is 15.4 Å². The van der Waals surface area contributed by atoms with E-state index in [1.807, 2.05) is 0 Å². The lowest BCUT2D eigenvalue weighted by Gasteiger charge is -2.27. The first-order valence-corrected chi connectivity index (χ1v) is 11.2. The molecule has 1 heterocycles. The van der Waals surface area contributed by atoms with Gasteiger partial charge in [-0.05, 0) is 47.9 Å². The zero-order valence-electron chi connectivity index (χ0n) is 18.3. The van der Waals surface area contributed by atoms with Crippen LogP contribution in [0.2, 0.25) is 0 Å². The summed E-state index contributed by atoms with van der Waals surface area (Å²) in [6.07, 6.45) is -3.91. The number of nitrogens with one attached hydrogen (secondary N) is 1. The first-order chi connectivity index (χ1) is 15.0. The minimum Gasteiger partial charge on any atom is -0.376 e. The van der Waals surface area contributed by atoms with Crippen LogP contribution in [0.15, 0.2) is 47.4 Å². The molecule has 3 rings (SSSR count). The highest BCUT2D eigenvalue weighted by molar-refractivity contribution is 7.90. The van der Waals surface area contributed by atoms with E-state index < -0.39 is 45.0 Å². The number of sulfone groups is 1. The van der Waals surface area contributed by atoms with Crippen molar-refractivity contribution in [1.82, 2.24) is 4.90 Å². The van der Waals surface area contributed by atoms with Crippen LogP contribution in [-0.2, 0) is 31.6 Å². The van der Waals surface area contributed by atoms with E-state index in [0.29, 0.717) is 12.5 Å². The second kappa shape index (κ2) is 7.89. The molecule has 0 aliphatic carbocycles. The first-order valence-electron chi connectivity index (χ1n) is 9.82. The van der Waals surface area contributed by atoms with Crippen molar-refractivity contribution < 1.29 is 37.7 Å². The number of carbonyl (C=O) groups is 2. The number of carbonyl (C=O) groups excluding carboxylic acids is 2. The quantitative estimate of drug-likeness (QED) is 0.714. The molecule has 0 radical (unpaired) electrons. The van der Waals surface area contributed by atoms with E-state index in [1.165, 1.54) is 18.2 Å². The molecule has 0 bridgehead atoms. The van der Waals surface area contributed by atoms with Crippen molar-refractivity contribution in [3.05, 3.63) is 59.2 Å². The van der Waals surface area contributed by atoms with Crippen molar-refractivity contribution in [3.63, 3.8) is 0 Å². The molecule has 2 unspecified atom stereocenters. The molecule has 2 aromatic carbocycles. The fourth-order valence-electron chi connectivity index (χ4n) is 3.30. The number of hydrogen-bond acceptors (Lipinski definition) is 5. The molecule has 172 valence electrons. The zero-order valence-corrected chi connectivity index (χ0v) is 18.1. The molecular formula is C21H21F3N2O5S. The summed E-state index contributed by atoms with van der Waals surface area (Å²) in [6.45, 7) is 1.59. The highest BCUT2D eigenvalue weighted by Crippen LogP contribution is 2.39. The smallest absolute Gasteiger partial charge is 0.376 e. The Hall–Kier alpha value is -2.92. The minimum absolute atomic E-state index is 0.0262. The number of alkyl halides is 3. The number of nitrogens with zero attached hydrogens (tertiary/aromatic N) is 1. The van der Waals surface area contributed by atoms with Gasteiger partial charge in [0.1, 0.15) is 6.02 Å². The van der Waals surface area contributed by atoms with Crippen molar-refractivity contribution >= 4 is 27.3 Å². The van der Waals surface area contributed by atoms with Gasteiger partial charge in [-0.25, -0.2) is 8.42 Å². The van der Waals surface area contributed by atoms with Crippen molar-refractivity contribution in [3.8, 4) is 0 Å². The predicted octanol–water partition coefficient (Wildman–Crippen LogP) is 2.90. The summed E-state index contributed by atoms with van der Waals surface area (Å²) < 4.78 is 71.6. The summed E-state index contributed by atoms with van der Waals surface area (Å²) in [5, 5.41) is 12.2. The van der Waals surface area contributed by atoms with Crippen LogP contribution in [0.25, 0.3) is 0 Å². The van der Waals surface area contributed by atoms with E-state index >= 15 is 0 Å². The van der Waals surface area contributed by atoms with E-state index in [9.17, 15) is 36.3 Å². The fourth-order valence-corrected chi connectivity index (χ4v) is 3.97. The molecule has 0 fully saturated rings. The maximum Gasteiger partial charge on any atom is 0.421 e. The number of anilines is 1. The standard InChI is InChI=1S/C21H21F3N2O5S/c1-12(27)26-11-13-10-16(32(3,30)31)8-9-17(13)18(26)19(28)25-15-6-4-14(5-7-15)20(2,29)21(22,23)24/h4-10,18,29H,11H2,1-3H3,(H,25,28)/i18D. The molecule has 7 nitrogen and oxygen atoms in total. The number of fused-ring (bicyclic) bond motifs is 1. The Bertz CT molecular complexity index is 1230. The van der Waals surface area contributed by atoms with Crippen LogP contribution >= 0.6 is 0 Å². The van der Waals surface area contributed by atoms with Crippen LogP contribution in [0.5, 0.6) is 0 Å². The SMILES string of the molecule is [2H]C1(C(=O)Nc2ccc(C(C)(O)C(F)(F)F)cc2)c2ccc(S(C)(=O)=O)cc2CN1C(C)=O. The number of amides is 2. The van der Waals surface area contributed by atoms with Gasteiger partial charge < -0.3 is 15.3 Å². The van der Waals surface area contributed by atoms with Gasteiger partial charge in [-0.2, -0.15) is 13.2 Å². The third-order valence-electron chi connectivity index (χ3n) is 5.21. The summed E-state index contributed by atoms with van der Waals surface area (Å²) in [5.41, 5.74) is -3.08. The highest BCUT2D eigenvalue weighted by Gasteiger charge is 2.51. The Morgan fingerprint density at radius 1 is 1.19 bits per heavy atom. The lowest BCUT2D eigenvalue weighted by atomic mass is 9.95. The lowest BCUT2D eigenvalue weighted by Crippen LogP contribution is -2.39. The number of benzene rings is 2. The topological polar surface area (TPSA) is 104 Å². The molecule has 1 aliphatic rings. The van der Waals surface area contributed by atoms with Crippen LogP contribution in [0.3, 0.4) is 0 Å². The lowest BCUT2D eigenvalue weighted by molar-refractivity contribution is -0.258.